The number of hydrogen-bond donors (Lipinski definition) is 1. The van der Waals surface area contributed by atoms with E-state index >= 15 is 0 Å². The van der Waals surface area contributed by atoms with Crippen LogP contribution in [0.15, 0.2) is 41.3 Å². The Balaban J connectivity index is 1.48. The normalized spacial score (nSPS) is 20.6. The lowest BCUT2D eigenvalue weighted by molar-refractivity contribution is 0.0593. The molecule has 1 fully saturated rings. The van der Waals surface area contributed by atoms with Gasteiger partial charge in [-0.2, -0.15) is 4.72 Å². The molecule has 1 amide bonds. The van der Waals surface area contributed by atoms with E-state index in [2.05, 4.69) is 16.7 Å². The highest BCUT2D eigenvalue weighted by molar-refractivity contribution is 7.89. The minimum atomic E-state index is -3.71. The van der Waals surface area contributed by atoms with Gasteiger partial charge in [0.1, 0.15) is 13.2 Å². The van der Waals surface area contributed by atoms with Crippen molar-refractivity contribution in [2.75, 3.05) is 26.3 Å². The van der Waals surface area contributed by atoms with Crippen molar-refractivity contribution >= 4 is 15.9 Å². The molecule has 0 saturated heterocycles. The fraction of sp³-hybridized carbons (Fsp3) is 0.423. The van der Waals surface area contributed by atoms with Gasteiger partial charge in [0.25, 0.3) is 5.91 Å². The predicted molar refractivity (Wildman–Crippen MR) is 127 cm³/mol. The molecule has 1 aliphatic carbocycles. The number of sulfonamides is 1. The molecule has 1 atom stereocenters. The summed E-state index contributed by atoms with van der Waals surface area (Å²) in [5.74, 6) is 3.66. The Hall–Kier alpha value is -3.02. The average molecular weight is 481 g/mol. The van der Waals surface area contributed by atoms with E-state index in [1.54, 1.807) is 12.1 Å². The molecule has 5 rings (SSSR count). The van der Waals surface area contributed by atoms with Crippen molar-refractivity contribution in [1.29, 1.82) is 0 Å². The number of rotatable bonds is 4. The van der Waals surface area contributed by atoms with Gasteiger partial charge in [-0.1, -0.05) is 18.8 Å². The minimum absolute atomic E-state index is 0.0763. The SMILES string of the molecule is C#CCNS(=O)(=O)c1ccc(C(=O)N2CC3(CCCC3)c3cc4c(cc3C2C)OCCO4)cc1. The van der Waals surface area contributed by atoms with Gasteiger partial charge in [-0.05, 0) is 67.3 Å². The van der Waals surface area contributed by atoms with E-state index in [1.807, 2.05) is 17.9 Å². The van der Waals surface area contributed by atoms with Crippen molar-refractivity contribution in [2.24, 2.45) is 0 Å². The first kappa shape index (κ1) is 22.8. The van der Waals surface area contributed by atoms with Crippen LogP contribution >= 0.6 is 0 Å². The molecule has 1 N–H and O–H groups in total. The fourth-order valence-corrected chi connectivity index (χ4v) is 6.45. The lowest BCUT2D eigenvalue weighted by Crippen LogP contribution is -2.48. The second-order valence-corrected chi connectivity index (χ2v) is 11.0. The maximum atomic E-state index is 13.7. The summed E-state index contributed by atoms with van der Waals surface area (Å²) in [6.45, 7) is 3.64. The Morgan fingerprint density at radius 2 is 1.79 bits per heavy atom. The molecular formula is C26H28N2O5S. The number of fused-ring (bicyclic) bond motifs is 3. The van der Waals surface area contributed by atoms with E-state index in [1.165, 1.54) is 17.7 Å². The molecule has 2 aliphatic heterocycles. The molecule has 2 heterocycles. The van der Waals surface area contributed by atoms with Crippen LogP contribution in [0.2, 0.25) is 0 Å². The zero-order valence-electron chi connectivity index (χ0n) is 19.2. The smallest absolute Gasteiger partial charge is 0.254 e. The van der Waals surface area contributed by atoms with Crippen LogP contribution in [0.3, 0.4) is 0 Å². The van der Waals surface area contributed by atoms with Gasteiger partial charge in [0.15, 0.2) is 11.5 Å². The second-order valence-electron chi connectivity index (χ2n) is 9.23. The van der Waals surface area contributed by atoms with Gasteiger partial charge in [0.2, 0.25) is 10.0 Å². The number of terminal acetylenes is 1. The number of carbonyl (C=O) groups is 1. The van der Waals surface area contributed by atoms with E-state index in [0.717, 1.165) is 42.7 Å². The van der Waals surface area contributed by atoms with Gasteiger partial charge in [0, 0.05) is 17.5 Å². The van der Waals surface area contributed by atoms with Gasteiger partial charge in [0.05, 0.1) is 17.5 Å². The van der Waals surface area contributed by atoms with E-state index in [9.17, 15) is 13.2 Å². The van der Waals surface area contributed by atoms with Crippen molar-refractivity contribution in [3.63, 3.8) is 0 Å². The minimum Gasteiger partial charge on any atom is -0.486 e. The molecule has 3 aliphatic rings. The van der Waals surface area contributed by atoms with Crippen LogP contribution in [-0.4, -0.2) is 45.5 Å². The first-order chi connectivity index (χ1) is 16.3. The van der Waals surface area contributed by atoms with E-state index in [4.69, 9.17) is 15.9 Å². The molecule has 1 spiro atoms. The maximum Gasteiger partial charge on any atom is 0.254 e. The van der Waals surface area contributed by atoms with Gasteiger partial charge in [-0.3, -0.25) is 4.79 Å². The Morgan fingerprint density at radius 1 is 1.15 bits per heavy atom. The molecule has 1 saturated carbocycles. The summed E-state index contributed by atoms with van der Waals surface area (Å²) in [7, 11) is -3.71. The summed E-state index contributed by atoms with van der Waals surface area (Å²) in [5.41, 5.74) is 2.72. The number of nitrogens with one attached hydrogen (secondary N) is 1. The highest BCUT2D eigenvalue weighted by Gasteiger charge is 2.46. The van der Waals surface area contributed by atoms with Crippen molar-refractivity contribution in [2.45, 2.75) is 49.0 Å². The molecule has 0 bridgehead atoms. The molecule has 8 heteroatoms. The summed E-state index contributed by atoms with van der Waals surface area (Å²) in [6.07, 6.45) is 9.45. The highest BCUT2D eigenvalue weighted by Crippen LogP contribution is 2.52. The molecule has 34 heavy (non-hydrogen) atoms. The third kappa shape index (κ3) is 3.83. The number of nitrogens with zero attached hydrogens (tertiary/aromatic N) is 1. The van der Waals surface area contributed by atoms with E-state index < -0.39 is 10.0 Å². The first-order valence-corrected chi connectivity index (χ1v) is 13.1. The maximum absolute atomic E-state index is 13.7. The van der Waals surface area contributed by atoms with E-state index in [-0.39, 0.29) is 28.8 Å². The number of hydrogen-bond acceptors (Lipinski definition) is 5. The van der Waals surface area contributed by atoms with Crippen molar-refractivity contribution in [1.82, 2.24) is 9.62 Å². The molecule has 0 radical (unpaired) electrons. The van der Waals surface area contributed by atoms with Crippen LogP contribution in [0.25, 0.3) is 0 Å². The van der Waals surface area contributed by atoms with Crippen LogP contribution in [0.1, 0.15) is 60.1 Å². The summed E-state index contributed by atoms with van der Waals surface area (Å²) in [5, 5.41) is 0. The molecule has 1 unspecified atom stereocenters. The fourth-order valence-electron chi connectivity index (χ4n) is 5.51. The van der Waals surface area contributed by atoms with Gasteiger partial charge >= 0.3 is 0 Å². The largest absolute Gasteiger partial charge is 0.486 e. The van der Waals surface area contributed by atoms with Crippen LogP contribution in [-0.2, 0) is 15.4 Å². The highest BCUT2D eigenvalue weighted by atomic mass is 32.2. The predicted octanol–water partition coefficient (Wildman–Crippen LogP) is 3.40. The summed E-state index contributed by atoms with van der Waals surface area (Å²) in [4.78, 5) is 15.7. The summed E-state index contributed by atoms with van der Waals surface area (Å²) < 4.78 is 38.7. The third-order valence-electron chi connectivity index (χ3n) is 7.27. The van der Waals surface area contributed by atoms with Gasteiger partial charge in [-0.25, -0.2) is 8.42 Å². The number of ether oxygens (including phenoxy) is 2. The Bertz CT molecular complexity index is 1260. The van der Waals surface area contributed by atoms with E-state index in [0.29, 0.717) is 25.3 Å². The average Bonchev–Trinajstić information content (AvgIpc) is 3.33. The topological polar surface area (TPSA) is 84.9 Å². The summed E-state index contributed by atoms with van der Waals surface area (Å²) >= 11 is 0. The lowest BCUT2D eigenvalue weighted by Gasteiger charge is -2.46. The number of carbonyl (C=O) groups excluding carboxylic acids is 1. The molecule has 2 aromatic rings. The molecular weight excluding hydrogens is 452 g/mol. The van der Waals surface area contributed by atoms with Crippen LogP contribution in [0.5, 0.6) is 11.5 Å². The molecule has 7 nitrogen and oxygen atoms in total. The molecule has 178 valence electrons. The first-order valence-electron chi connectivity index (χ1n) is 11.6. The second kappa shape index (κ2) is 8.64. The Morgan fingerprint density at radius 3 is 2.44 bits per heavy atom. The number of amides is 1. The lowest BCUT2D eigenvalue weighted by atomic mass is 9.71. The molecule has 0 aromatic heterocycles. The quantitative estimate of drug-likeness (QED) is 0.678. The Kier molecular flexibility index (Phi) is 5.78. The summed E-state index contributed by atoms with van der Waals surface area (Å²) in [6, 6.07) is 10.1. The third-order valence-corrected chi connectivity index (χ3v) is 8.69. The van der Waals surface area contributed by atoms with Gasteiger partial charge in [-0.15, -0.1) is 6.42 Å². The standard InChI is InChI=1S/C26H28N2O5S/c1-3-12-27-34(30,31)20-8-6-19(7-9-20)25(29)28-17-26(10-4-5-11-26)22-16-24-23(32-13-14-33-24)15-21(22)18(28)2/h1,6-9,15-16,18,27H,4-5,10-14,17H2,2H3. The zero-order chi connectivity index (χ0) is 23.9. The van der Waals surface area contributed by atoms with Crippen molar-refractivity contribution in [3.8, 4) is 23.8 Å². The number of benzene rings is 2. The van der Waals surface area contributed by atoms with Gasteiger partial charge < -0.3 is 14.4 Å². The van der Waals surface area contributed by atoms with Crippen molar-refractivity contribution in [3.05, 3.63) is 53.1 Å². The monoisotopic (exact) mass is 480 g/mol. The zero-order valence-corrected chi connectivity index (χ0v) is 20.0. The molecule has 2 aromatic carbocycles. The van der Waals surface area contributed by atoms with Crippen LogP contribution in [0.4, 0.5) is 0 Å². The van der Waals surface area contributed by atoms with Crippen LogP contribution < -0.4 is 14.2 Å². The van der Waals surface area contributed by atoms with Crippen LogP contribution in [0, 0.1) is 12.3 Å². The Labute approximate surface area is 200 Å². The van der Waals surface area contributed by atoms with Crippen molar-refractivity contribution < 1.29 is 22.7 Å².